The van der Waals surface area contributed by atoms with E-state index in [4.69, 9.17) is 20.9 Å². The van der Waals surface area contributed by atoms with Crippen LogP contribution in [0.4, 0.5) is 5.69 Å². The van der Waals surface area contributed by atoms with E-state index in [1.165, 1.54) is 10.6 Å². The number of anilines is 1. The van der Waals surface area contributed by atoms with E-state index in [0.717, 1.165) is 44.0 Å². The van der Waals surface area contributed by atoms with Crippen molar-refractivity contribution in [3.63, 3.8) is 0 Å². The summed E-state index contributed by atoms with van der Waals surface area (Å²) >= 11 is 5.93. The summed E-state index contributed by atoms with van der Waals surface area (Å²) in [5.41, 5.74) is 2.14. The first-order chi connectivity index (χ1) is 13.2. The second-order valence-corrected chi connectivity index (χ2v) is 7.07. The second kappa shape index (κ2) is 7.98. The van der Waals surface area contributed by atoms with Crippen molar-refractivity contribution in [3.05, 3.63) is 59.4 Å². The molecule has 1 aliphatic heterocycles. The number of ether oxygens (including phenoxy) is 1. The van der Waals surface area contributed by atoms with Crippen molar-refractivity contribution in [1.82, 2.24) is 10.1 Å². The Hall–Kier alpha value is -2.57. The minimum absolute atomic E-state index is 0.609. The van der Waals surface area contributed by atoms with Gasteiger partial charge in [0.05, 0.1) is 33.3 Å². The number of nitrogens with one attached hydrogen (secondary N) is 1. The molecule has 0 spiro atoms. The Morgan fingerprint density at radius 2 is 1.78 bits per heavy atom. The molecule has 27 heavy (non-hydrogen) atoms. The van der Waals surface area contributed by atoms with E-state index in [1.54, 1.807) is 7.11 Å². The SMILES string of the molecule is COc1ccc(N2CC[NH+](Cc3nc(-c4ccc(Cl)cc4)no3)CC2)cc1. The first kappa shape index (κ1) is 17.8. The third kappa shape index (κ3) is 4.23. The van der Waals surface area contributed by atoms with Gasteiger partial charge < -0.3 is 19.1 Å². The van der Waals surface area contributed by atoms with Gasteiger partial charge in [-0.3, -0.25) is 0 Å². The van der Waals surface area contributed by atoms with Crippen LogP contribution in [0.3, 0.4) is 0 Å². The van der Waals surface area contributed by atoms with Gasteiger partial charge in [0.15, 0.2) is 6.54 Å². The number of benzene rings is 2. The van der Waals surface area contributed by atoms with Gasteiger partial charge in [-0.15, -0.1) is 0 Å². The maximum Gasteiger partial charge on any atom is 0.282 e. The lowest BCUT2D eigenvalue weighted by Crippen LogP contribution is -3.13. The second-order valence-electron chi connectivity index (χ2n) is 6.63. The Morgan fingerprint density at radius 3 is 2.44 bits per heavy atom. The molecule has 0 bridgehead atoms. The van der Waals surface area contributed by atoms with Crippen molar-refractivity contribution in [2.24, 2.45) is 0 Å². The first-order valence-corrected chi connectivity index (χ1v) is 9.40. The minimum atomic E-state index is 0.609. The molecule has 1 N–H and O–H groups in total. The molecule has 140 valence electrons. The molecule has 0 aliphatic carbocycles. The predicted octanol–water partition coefficient (Wildman–Crippen LogP) is 2.30. The van der Waals surface area contributed by atoms with Gasteiger partial charge in [-0.05, 0) is 48.5 Å². The quantitative estimate of drug-likeness (QED) is 0.730. The molecule has 1 saturated heterocycles. The highest BCUT2D eigenvalue weighted by Crippen LogP contribution is 2.20. The molecule has 1 fully saturated rings. The number of rotatable bonds is 5. The fourth-order valence-corrected chi connectivity index (χ4v) is 3.43. The lowest BCUT2D eigenvalue weighted by atomic mass is 10.2. The Balaban J connectivity index is 1.33. The van der Waals surface area contributed by atoms with Gasteiger partial charge in [0, 0.05) is 16.3 Å². The summed E-state index contributed by atoms with van der Waals surface area (Å²) in [4.78, 5) is 8.38. The highest BCUT2D eigenvalue weighted by Gasteiger charge is 2.22. The Labute approximate surface area is 163 Å². The lowest BCUT2D eigenvalue weighted by molar-refractivity contribution is -0.915. The van der Waals surface area contributed by atoms with Crippen LogP contribution in [-0.2, 0) is 6.54 Å². The number of methoxy groups -OCH3 is 1. The zero-order valence-corrected chi connectivity index (χ0v) is 15.9. The van der Waals surface area contributed by atoms with Gasteiger partial charge in [-0.25, -0.2) is 0 Å². The van der Waals surface area contributed by atoms with E-state index >= 15 is 0 Å². The van der Waals surface area contributed by atoms with Crippen LogP contribution in [-0.4, -0.2) is 43.4 Å². The normalized spacial score (nSPS) is 15.1. The van der Waals surface area contributed by atoms with Crippen molar-refractivity contribution >= 4 is 17.3 Å². The van der Waals surface area contributed by atoms with Crippen LogP contribution in [0.1, 0.15) is 5.89 Å². The molecule has 3 aromatic rings. The standard InChI is InChI=1S/C20H21ClN4O2/c1-26-18-8-6-17(7-9-18)25-12-10-24(11-13-25)14-19-22-20(23-27-19)15-2-4-16(21)5-3-15/h2-9H,10-14H2,1H3/p+1. The number of quaternary nitrogens is 1. The van der Waals surface area contributed by atoms with Crippen molar-refractivity contribution in [3.8, 4) is 17.1 Å². The van der Waals surface area contributed by atoms with E-state index in [0.29, 0.717) is 16.7 Å². The van der Waals surface area contributed by atoms with Crippen molar-refractivity contribution in [1.29, 1.82) is 0 Å². The van der Waals surface area contributed by atoms with Gasteiger partial charge >= 0.3 is 0 Å². The van der Waals surface area contributed by atoms with E-state index in [-0.39, 0.29) is 0 Å². The number of halogens is 1. The van der Waals surface area contributed by atoms with E-state index in [1.807, 2.05) is 36.4 Å². The molecule has 0 unspecified atom stereocenters. The molecule has 0 amide bonds. The lowest BCUT2D eigenvalue weighted by Gasteiger charge is -2.33. The Kier molecular flexibility index (Phi) is 5.27. The average molecular weight is 386 g/mol. The maximum absolute atomic E-state index is 5.93. The van der Waals surface area contributed by atoms with Crippen LogP contribution in [0.15, 0.2) is 53.1 Å². The smallest absolute Gasteiger partial charge is 0.282 e. The predicted molar refractivity (Wildman–Crippen MR) is 104 cm³/mol. The molecule has 1 aliphatic rings. The van der Waals surface area contributed by atoms with Crippen LogP contribution in [0.5, 0.6) is 5.75 Å². The summed E-state index contributed by atoms with van der Waals surface area (Å²) in [6.07, 6.45) is 0. The van der Waals surface area contributed by atoms with Gasteiger partial charge in [0.1, 0.15) is 5.75 Å². The van der Waals surface area contributed by atoms with Crippen molar-refractivity contribution in [2.45, 2.75) is 6.54 Å². The summed E-state index contributed by atoms with van der Waals surface area (Å²) < 4.78 is 10.7. The van der Waals surface area contributed by atoms with Crippen LogP contribution in [0.25, 0.3) is 11.4 Å². The third-order valence-electron chi connectivity index (χ3n) is 4.88. The van der Waals surface area contributed by atoms with Gasteiger partial charge in [0.25, 0.3) is 5.89 Å². The molecule has 1 aromatic heterocycles. The first-order valence-electron chi connectivity index (χ1n) is 9.02. The average Bonchev–Trinajstić information content (AvgIpc) is 3.18. The monoisotopic (exact) mass is 385 g/mol. The molecule has 2 heterocycles. The Morgan fingerprint density at radius 1 is 1.07 bits per heavy atom. The zero-order chi connectivity index (χ0) is 18.6. The van der Waals surface area contributed by atoms with Crippen molar-refractivity contribution < 1.29 is 14.2 Å². The zero-order valence-electron chi connectivity index (χ0n) is 15.2. The number of hydrogen-bond donors (Lipinski definition) is 1. The topological polar surface area (TPSA) is 55.8 Å². The van der Waals surface area contributed by atoms with E-state index < -0.39 is 0 Å². The largest absolute Gasteiger partial charge is 0.497 e. The molecule has 7 heteroatoms. The third-order valence-corrected chi connectivity index (χ3v) is 5.13. The highest BCUT2D eigenvalue weighted by molar-refractivity contribution is 6.30. The maximum atomic E-state index is 5.93. The van der Waals surface area contributed by atoms with Gasteiger partial charge in [-0.1, -0.05) is 16.8 Å². The highest BCUT2D eigenvalue weighted by atomic mass is 35.5. The van der Waals surface area contributed by atoms with Crippen LogP contribution >= 0.6 is 11.6 Å². The molecule has 6 nitrogen and oxygen atoms in total. The molecule has 0 radical (unpaired) electrons. The van der Waals surface area contributed by atoms with E-state index in [2.05, 4.69) is 27.2 Å². The van der Waals surface area contributed by atoms with E-state index in [9.17, 15) is 0 Å². The summed E-state index contributed by atoms with van der Waals surface area (Å²) in [5, 5.41) is 4.79. The van der Waals surface area contributed by atoms with Crippen LogP contribution < -0.4 is 14.5 Å². The molecular weight excluding hydrogens is 364 g/mol. The molecule has 0 atom stereocenters. The van der Waals surface area contributed by atoms with Gasteiger partial charge in [-0.2, -0.15) is 4.98 Å². The fraction of sp³-hybridized carbons (Fsp3) is 0.300. The number of piperazine rings is 1. The molecule has 2 aromatic carbocycles. The van der Waals surface area contributed by atoms with Crippen LogP contribution in [0, 0.1) is 0 Å². The minimum Gasteiger partial charge on any atom is -0.497 e. The number of nitrogens with zero attached hydrogens (tertiary/aromatic N) is 3. The van der Waals surface area contributed by atoms with Gasteiger partial charge in [0.2, 0.25) is 5.82 Å². The summed E-state index contributed by atoms with van der Waals surface area (Å²) in [7, 11) is 1.69. The molecule has 4 rings (SSSR count). The summed E-state index contributed by atoms with van der Waals surface area (Å²) in [6.45, 7) is 4.81. The summed E-state index contributed by atoms with van der Waals surface area (Å²) in [5.74, 6) is 2.17. The number of aromatic nitrogens is 2. The van der Waals surface area contributed by atoms with Crippen LogP contribution in [0.2, 0.25) is 5.02 Å². The Bertz CT molecular complexity index is 872. The van der Waals surface area contributed by atoms with Crippen molar-refractivity contribution in [2.75, 3.05) is 38.2 Å². The number of hydrogen-bond acceptors (Lipinski definition) is 5. The molecular formula is C20H22ClN4O2+. The molecule has 0 saturated carbocycles. The fourth-order valence-electron chi connectivity index (χ4n) is 3.31. The summed E-state index contributed by atoms with van der Waals surface area (Å²) in [6, 6.07) is 15.7.